The van der Waals surface area contributed by atoms with Crippen LogP contribution in [-0.2, 0) is 0 Å². The lowest BCUT2D eigenvalue weighted by Gasteiger charge is -2.20. The highest BCUT2D eigenvalue weighted by Crippen LogP contribution is 2.31. The summed E-state index contributed by atoms with van der Waals surface area (Å²) >= 11 is 6.07. The molecule has 0 amide bonds. The van der Waals surface area contributed by atoms with Crippen LogP contribution in [0, 0.1) is 6.92 Å². The SMILES string of the molecule is CNC(c1cccc(Cl)c1)c1ccc(C)cc1OC. The van der Waals surface area contributed by atoms with Gasteiger partial charge in [0.15, 0.2) is 0 Å². The fourth-order valence-corrected chi connectivity index (χ4v) is 2.44. The van der Waals surface area contributed by atoms with Gasteiger partial charge < -0.3 is 10.1 Å². The Morgan fingerprint density at radius 1 is 1.16 bits per heavy atom. The van der Waals surface area contributed by atoms with E-state index in [0.717, 1.165) is 21.9 Å². The third kappa shape index (κ3) is 3.09. The van der Waals surface area contributed by atoms with Crippen LogP contribution >= 0.6 is 11.6 Å². The lowest BCUT2D eigenvalue weighted by molar-refractivity contribution is 0.405. The normalized spacial score (nSPS) is 12.2. The van der Waals surface area contributed by atoms with Crippen molar-refractivity contribution in [1.29, 1.82) is 0 Å². The van der Waals surface area contributed by atoms with Crippen LogP contribution in [0.5, 0.6) is 5.75 Å². The summed E-state index contributed by atoms with van der Waals surface area (Å²) in [5, 5.41) is 4.06. The Labute approximate surface area is 119 Å². The molecule has 0 spiro atoms. The van der Waals surface area contributed by atoms with Crippen molar-refractivity contribution in [3.8, 4) is 5.75 Å². The van der Waals surface area contributed by atoms with Crippen LogP contribution in [0.15, 0.2) is 42.5 Å². The maximum atomic E-state index is 6.07. The summed E-state index contributed by atoms with van der Waals surface area (Å²) in [4.78, 5) is 0. The Bertz CT molecular complexity index is 568. The first kappa shape index (κ1) is 13.9. The van der Waals surface area contributed by atoms with Crippen LogP contribution in [0.2, 0.25) is 5.02 Å². The molecule has 0 aromatic heterocycles. The van der Waals surface area contributed by atoms with Crippen molar-refractivity contribution in [2.75, 3.05) is 14.2 Å². The smallest absolute Gasteiger partial charge is 0.124 e. The van der Waals surface area contributed by atoms with E-state index in [2.05, 4.69) is 30.4 Å². The zero-order valence-electron chi connectivity index (χ0n) is 11.4. The second-order valence-corrected chi connectivity index (χ2v) is 4.96. The number of hydrogen-bond donors (Lipinski definition) is 1. The third-order valence-electron chi connectivity index (χ3n) is 3.17. The molecule has 1 atom stereocenters. The molecule has 100 valence electrons. The highest BCUT2D eigenvalue weighted by molar-refractivity contribution is 6.30. The van der Waals surface area contributed by atoms with Gasteiger partial charge in [-0.05, 0) is 43.3 Å². The summed E-state index contributed by atoms with van der Waals surface area (Å²) in [6.07, 6.45) is 0. The lowest BCUT2D eigenvalue weighted by atomic mass is 9.97. The molecule has 2 rings (SSSR count). The van der Waals surface area contributed by atoms with Gasteiger partial charge in [0, 0.05) is 10.6 Å². The molecule has 0 aliphatic rings. The lowest BCUT2D eigenvalue weighted by Crippen LogP contribution is -2.18. The molecule has 0 fully saturated rings. The molecule has 2 aromatic carbocycles. The Hall–Kier alpha value is -1.51. The van der Waals surface area contributed by atoms with E-state index in [1.165, 1.54) is 5.56 Å². The molecule has 2 nitrogen and oxygen atoms in total. The highest BCUT2D eigenvalue weighted by atomic mass is 35.5. The fraction of sp³-hybridized carbons (Fsp3) is 0.250. The maximum Gasteiger partial charge on any atom is 0.124 e. The highest BCUT2D eigenvalue weighted by Gasteiger charge is 2.16. The predicted molar refractivity (Wildman–Crippen MR) is 80.1 cm³/mol. The van der Waals surface area contributed by atoms with Gasteiger partial charge in [-0.25, -0.2) is 0 Å². The van der Waals surface area contributed by atoms with Crippen molar-refractivity contribution in [2.24, 2.45) is 0 Å². The van der Waals surface area contributed by atoms with Crippen molar-refractivity contribution in [3.63, 3.8) is 0 Å². The summed E-state index contributed by atoms with van der Waals surface area (Å²) in [5.74, 6) is 0.888. The Morgan fingerprint density at radius 3 is 2.58 bits per heavy atom. The number of ether oxygens (including phenoxy) is 1. The molecule has 0 heterocycles. The molecule has 0 radical (unpaired) electrons. The molecular weight excluding hydrogens is 258 g/mol. The first-order chi connectivity index (χ1) is 9.15. The first-order valence-corrected chi connectivity index (χ1v) is 6.60. The quantitative estimate of drug-likeness (QED) is 0.912. The number of halogens is 1. The number of hydrogen-bond acceptors (Lipinski definition) is 2. The number of rotatable bonds is 4. The number of aryl methyl sites for hydroxylation is 1. The zero-order valence-corrected chi connectivity index (χ0v) is 12.2. The van der Waals surface area contributed by atoms with Gasteiger partial charge >= 0.3 is 0 Å². The van der Waals surface area contributed by atoms with Gasteiger partial charge in [-0.3, -0.25) is 0 Å². The van der Waals surface area contributed by atoms with Crippen LogP contribution < -0.4 is 10.1 Å². The fourth-order valence-electron chi connectivity index (χ4n) is 2.24. The third-order valence-corrected chi connectivity index (χ3v) is 3.41. The molecule has 19 heavy (non-hydrogen) atoms. The van der Waals surface area contributed by atoms with Crippen LogP contribution in [0.1, 0.15) is 22.7 Å². The van der Waals surface area contributed by atoms with Gasteiger partial charge in [0.05, 0.1) is 13.2 Å². The summed E-state index contributed by atoms with van der Waals surface area (Å²) in [6, 6.07) is 14.2. The van der Waals surface area contributed by atoms with Gasteiger partial charge in [0.25, 0.3) is 0 Å². The average Bonchev–Trinajstić information content (AvgIpc) is 2.41. The van der Waals surface area contributed by atoms with E-state index >= 15 is 0 Å². The predicted octanol–water partition coefficient (Wildman–Crippen LogP) is 3.97. The molecule has 1 N–H and O–H groups in total. The van der Waals surface area contributed by atoms with Gasteiger partial charge in [0.1, 0.15) is 5.75 Å². The van der Waals surface area contributed by atoms with Crippen molar-refractivity contribution < 1.29 is 4.74 Å². The molecule has 0 bridgehead atoms. The summed E-state index contributed by atoms with van der Waals surface area (Å²) in [5.41, 5.74) is 3.41. The Kier molecular flexibility index (Phi) is 4.46. The van der Waals surface area contributed by atoms with Gasteiger partial charge in [-0.1, -0.05) is 35.9 Å². The zero-order chi connectivity index (χ0) is 13.8. The standard InChI is InChI=1S/C16H18ClNO/c1-11-7-8-14(15(9-11)19-3)16(18-2)12-5-4-6-13(17)10-12/h4-10,16,18H,1-3H3. The minimum atomic E-state index is 0.0641. The second kappa shape index (κ2) is 6.09. The van der Waals surface area contributed by atoms with Gasteiger partial charge in [-0.15, -0.1) is 0 Å². The maximum absolute atomic E-state index is 6.07. The number of methoxy groups -OCH3 is 1. The minimum Gasteiger partial charge on any atom is -0.496 e. The topological polar surface area (TPSA) is 21.3 Å². The number of nitrogens with one attached hydrogen (secondary N) is 1. The van der Waals surface area contributed by atoms with Crippen LogP contribution in [0.4, 0.5) is 0 Å². The first-order valence-electron chi connectivity index (χ1n) is 6.23. The van der Waals surface area contributed by atoms with Crippen molar-refractivity contribution >= 4 is 11.6 Å². The summed E-state index contributed by atoms with van der Waals surface area (Å²) in [6.45, 7) is 2.06. The van der Waals surface area contributed by atoms with Crippen molar-refractivity contribution in [3.05, 3.63) is 64.2 Å². The molecule has 0 aliphatic heterocycles. The van der Waals surface area contributed by atoms with Gasteiger partial charge in [-0.2, -0.15) is 0 Å². The van der Waals surface area contributed by atoms with E-state index in [-0.39, 0.29) is 6.04 Å². The van der Waals surface area contributed by atoms with E-state index in [4.69, 9.17) is 16.3 Å². The van der Waals surface area contributed by atoms with Crippen molar-refractivity contribution in [1.82, 2.24) is 5.32 Å². The van der Waals surface area contributed by atoms with E-state index in [1.807, 2.05) is 31.3 Å². The second-order valence-electron chi connectivity index (χ2n) is 4.52. The largest absolute Gasteiger partial charge is 0.496 e. The van der Waals surface area contributed by atoms with Crippen molar-refractivity contribution in [2.45, 2.75) is 13.0 Å². The van der Waals surface area contributed by atoms with Crippen LogP contribution in [-0.4, -0.2) is 14.2 Å². The molecule has 3 heteroatoms. The molecule has 0 aliphatic carbocycles. The summed E-state index contributed by atoms with van der Waals surface area (Å²) in [7, 11) is 3.63. The van der Waals surface area contributed by atoms with E-state index < -0.39 is 0 Å². The monoisotopic (exact) mass is 275 g/mol. The molecule has 1 unspecified atom stereocenters. The summed E-state index contributed by atoms with van der Waals surface area (Å²) < 4.78 is 5.49. The van der Waals surface area contributed by atoms with Crippen LogP contribution in [0.25, 0.3) is 0 Å². The Balaban J connectivity index is 2.48. The molecular formula is C16H18ClNO. The molecule has 0 saturated carbocycles. The number of benzene rings is 2. The minimum absolute atomic E-state index is 0.0641. The molecule has 2 aromatic rings. The molecule has 0 saturated heterocycles. The van der Waals surface area contributed by atoms with E-state index in [0.29, 0.717) is 0 Å². The van der Waals surface area contributed by atoms with E-state index in [9.17, 15) is 0 Å². The van der Waals surface area contributed by atoms with E-state index in [1.54, 1.807) is 7.11 Å². The van der Waals surface area contributed by atoms with Gasteiger partial charge in [0.2, 0.25) is 0 Å². The average molecular weight is 276 g/mol. The van der Waals surface area contributed by atoms with Crippen LogP contribution in [0.3, 0.4) is 0 Å². The Morgan fingerprint density at radius 2 is 1.95 bits per heavy atom.